The minimum atomic E-state index is -1.48. The molecule has 2 heterocycles. The van der Waals surface area contributed by atoms with Gasteiger partial charge in [-0.05, 0) is 43.5 Å². The van der Waals surface area contributed by atoms with Gasteiger partial charge in [0.05, 0.1) is 11.3 Å². The highest BCUT2D eigenvalue weighted by Crippen LogP contribution is 2.23. The Labute approximate surface area is 155 Å². The number of aromatic amines is 1. The summed E-state index contributed by atoms with van der Waals surface area (Å²) in [5, 5.41) is 1.60. The first kappa shape index (κ1) is 16.8. The number of carbonyl (C=O) groups excluding carboxylic acids is 1. The molecule has 0 bridgehead atoms. The van der Waals surface area contributed by atoms with Crippen LogP contribution in [0.15, 0.2) is 59.6 Å². The predicted molar refractivity (Wildman–Crippen MR) is 105 cm³/mol. The van der Waals surface area contributed by atoms with Gasteiger partial charge in [-0.15, -0.1) is 0 Å². The Kier molecular flexibility index (Phi) is 4.75. The number of nitrogens with one attached hydrogen (secondary N) is 2. The molecule has 3 aromatic rings. The van der Waals surface area contributed by atoms with Gasteiger partial charge < -0.3 is 9.88 Å². The summed E-state index contributed by atoms with van der Waals surface area (Å²) in [6, 6.07) is 17.0. The third-order valence-electron chi connectivity index (χ3n) is 4.71. The summed E-state index contributed by atoms with van der Waals surface area (Å²) in [6.07, 6.45) is 3.26. The molecule has 5 nitrogen and oxygen atoms in total. The van der Waals surface area contributed by atoms with Crippen LogP contribution < -0.4 is 4.72 Å². The van der Waals surface area contributed by atoms with E-state index in [4.69, 9.17) is 0 Å². The van der Waals surface area contributed by atoms with Crippen molar-refractivity contribution in [2.75, 3.05) is 17.8 Å². The van der Waals surface area contributed by atoms with Crippen LogP contribution >= 0.6 is 0 Å². The molecule has 1 aromatic heterocycles. The molecule has 1 unspecified atom stereocenters. The van der Waals surface area contributed by atoms with E-state index in [0.29, 0.717) is 16.3 Å². The topological polar surface area (TPSA) is 65.2 Å². The van der Waals surface area contributed by atoms with Gasteiger partial charge in [0.15, 0.2) is 11.0 Å². The maximum absolute atomic E-state index is 12.9. The number of hydrogen-bond donors (Lipinski definition) is 2. The molecular weight excluding hydrogens is 346 g/mol. The zero-order valence-electron chi connectivity index (χ0n) is 14.4. The second-order valence-corrected chi connectivity index (χ2v) is 7.67. The average Bonchev–Trinajstić information content (AvgIpc) is 3.13. The molecule has 134 valence electrons. The van der Waals surface area contributed by atoms with Crippen molar-refractivity contribution in [2.24, 2.45) is 0 Å². The fourth-order valence-electron chi connectivity index (χ4n) is 3.33. The van der Waals surface area contributed by atoms with E-state index in [0.717, 1.165) is 36.8 Å². The Morgan fingerprint density at radius 1 is 1.00 bits per heavy atom. The van der Waals surface area contributed by atoms with Crippen molar-refractivity contribution < 1.29 is 9.00 Å². The summed E-state index contributed by atoms with van der Waals surface area (Å²) in [5.74, 6) is 0.00134. The number of hydrogen-bond acceptors (Lipinski definition) is 2. The normalized spacial score (nSPS) is 15.8. The fourth-order valence-corrected chi connectivity index (χ4v) is 4.25. The number of carbonyl (C=O) groups is 1. The monoisotopic (exact) mass is 367 g/mol. The van der Waals surface area contributed by atoms with Gasteiger partial charge in [-0.25, -0.2) is 4.21 Å². The predicted octanol–water partition coefficient (Wildman–Crippen LogP) is 3.93. The van der Waals surface area contributed by atoms with Crippen LogP contribution in [0.4, 0.5) is 5.69 Å². The third kappa shape index (κ3) is 3.37. The van der Waals surface area contributed by atoms with Crippen molar-refractivity contribution in [1.29, 1.82) is 0 Å². The van der Waals surface area contributed by atoms with E-state index < -0.39 is 11.0 Å². The summed E-state index contributed by atoms with van der Waals surface area (Å²) >= 11 is 0. The average molecular weight is 367 g/mol. The molecule has 2 aromatic carbocycles. The lowest BCUT2D eigenvalue weighted by molar-refractivity contribution is 0.0725. The number of amides is 1. The lowest BCUT2D eigenvalue weighted by atomic mass is 10.1. The van der Waals surface area contributed by atoms with E-state index >= 15 is 0 Å². The minimum absolute atomic E-state index is 0.00134. The van der Waals surface area contributed by atoms with E-state index in [2.05, 4.69) is 9.71 Å². The number of para-hydroxylation sites is 2. The van der Waals surface area contributed by atoms with Crippen molar-refractivity contribution in [3.05, 3.63) is 60.2 Å². The maximum Gasteiger partial charge on any atom is 0.255 e. The van der Waals surface area contributed by atoms with Crippen molar-refractivity contribution in [3.8, 4) is 0 Å². The number of benzene rings is 2. The first-order valence-corrected chi connectivity index (χ1v) is 10.0. The first-order valence-electron chi connectivity index (χ1n) is 8.87. The number of piperidine rings is 1. The van der Waals surface area contributed by atoms with Gasteiger partial charge in [-0.1, -0.05) is 30.3 Å². The van der Waals surface area contributed by atoms with Gasteiger partial charge >= 0.3 is 0 Å². The van der Waals surface area contributed by atoms with Crippen molar-refractivity contribution in [1.82, 2.24) is 9.88 Å². The van der Waals surface area contributed by atoms with E-state index in [1.807, 2.05) is 47.4 Å². The standard InChI is InChI=1S/C20H21N3O2S/c24-20(23-12-6-1-7-13-23)16-9-3-5-11-18(16)22-26(25)19-14-15-8-2-4-10-17(15)21-19/h2-5,8-11,14,21-22H,1,6-7,12-13H2. The molecule has 4 rings (SSSR count). The number of anilines is 1. The summed E-state index contributed by atoms with van der Waals surface area (Å²) in [6.45, 7) is 1.58. The Bertz CT molecular complexity index is 927. The Morgan fingerprint density at radius 3 is 2.54 bits per heavy atom. The van der Waals surface area contributed by atoms with Gasteiger partial charge in [-0.2, -0.15) is 0 Å². The molecule has 1 aliphatic rings. The molecule has 1 aliphatic heterocycles. The highest BCUT2D eigenvalue weighted by molar-refractivity contribution is 7.86. The molecular formula is C20H21N3O2S. The second-order valence-electron chi connectivity index (χ2n) is 6.49. The summed E-state index contributed by atoms with van der Waals surface area (Å²) in [7, 11) is -1.48. The molecule has 0 radical (unpaired) electrons. The highest BCUT2D eigenvalue weighted by Gasteiger charge is 2.21. The van der Waals surface area contributed by atoms with Crippen molar-refractivity contribution in [3.63, 3.8) is 0 Å². The highest BCUT2D eigenvalue weighted by atomic mass is 32.2. The molecule has 0 aliphatic carbocycles. The van der Waals surface area contributed by atoms with Crippen LogP contribution in [0.1, 0.15) is 29.6 Å². The largest absolute Gasteiger partial charge is 0.346 e. The molecule has 26 heavy (non-hydrogen) atoms. The second kappa shape index (κ2) is 7.33. The van der Waals surface area contributed by atoms with Gasteiger partial charge in [-0.3, -0.25) is 9.52 Å². The zero-order valence-corrected chi connectivity index (χ0v) is 15.2. The first-order chi connectivity index (χ1) is 12.7. The van der Waals surface area contributed by atoms with E-state index in [-0.39, 0.29) is 5.91 Å². The van der Waals surface area contributed by atoms with Gasteiger partial charge in [0.2, 0.25) is 0 Å². The smallest absolute Gasteiger partial charge is 0.255 e. The number of rotatable bonds is 4. The molecule has 1 saturated heterocycles. The third-order valence-corrected chi connectivity index (χ3v) is 5.73. The van der Waals surface area contributed by atoms with Crippen LogP contribution in [0.5, 0.6) is 0 Å². The van der Waals surface area contributed by atoms with E-state index in [1.165, 1.54) is 6.42 Å². The minimum Gasteiger partial charge on any atom is -0.346 e. The van der Waals surface area contributed by atoms with Crippen LogP contribution in [-0.4, -0.2) is 33.1 Å². The summed E-state index contributed by atoms with van der Waals surface area (Å²) in [4.78, 5) is 17.9. The number of fused-ring (bicyclic) bond motifs is 1. The van der Waals surface area contributed by atoms with Crippen LogP contribution in [0.2, 0.25) is 0 Å². The fraction of sp³-hybridized carbons (Fsp3) is 0.250. The molecule has 1 atom stereocenters. The lowest BCUT2D eigenvalue weighted by Crippen LogP contribution is -2.36. The number of nitrogens with zero attached hydrogens (tertiary/aromatic N) is 1. The van der Waals surface area contributed by atoms with Crippen LogP contribution in [0.25, 0.3) is 10.9 Å². The molecule has 1 fully saturated rings. The van der Waals surface area contributed by atoms with Gasteiger partial charge in [0, 0.05) is 24.0 Å². The quantitative estimate of drug-likeness (QED) is 0.734. The van der Waals surface area contributed by atoms with Crippen LogP contribution in [0, 0.1) is 0 Å². The summed E-state index contributed by atoms with van der Waals surface area (Å²) < 4.78 is 15.8. The van der Waals surface area contributed by atoms with Gasteiger partial charge in [0.25, 0.3) is 5.91 Å². The molecule has 2 N–H and O–H groups in total. The van der Waals surface area contributed by atoms with Gasteiger partial charge in [0.1, 0.15) is 5.03 Å². The van der Waals surface area contributed by atoms with E-state index in [1.54, 1.807) is 12.1 Å². The van der Waals surface area contributed by atoms with Crippen LogP contribution in [0.3, 0.4) is 0 Å². The Balaban J connectivity index is 1.58. The molecule has 1 amide bonds. The number of likely N-dealkylation sites (tertiary alicyclic amines) is 1. The van der Waals surface area contributed by atoms with Crippen LogP contribution in [-0.2, 0) is 11.0 Å². The number of H-pyrrole nitrogens is 1. The lowest BCUT2D eigenvalue weighted by Gasteiger charge is -2.27. The zero-order chi connectivity index (χ0) is 17.9. The van der Waals surface area contributed by atoms with E-state index in [9.17, 15) is 9.00 Å². The van der Waals surface area contributed by atoms with Crippen molar-refractivity contribution >= 4 is 33.5 Å². The van der Waals surface area contributed by atoms with Crippen molar-refractivity contribution in [2.45, 2.75) is 24.3 Å². The molecule has 0 spiro atoms. The number of aromatic nitrogens is 1. The Morgan fingerprint density at radius 2 is 1.73 bits per heavy atom. The summed E-state index contributed by atoms with van der Waals surface area (Å²) in [5.41, 5.74) is 2.11. The molecule has 0 saturated carbocycles. The SMILES string of the molecule is O=C(c1ccccc1NS(=O)c1cc2ccccc2[nH]1)N1CCCCC1. The maximum atomic E-state index is 12.9. The molecule has 6 heteroatoms. The Hall–Kier alpha value is -2.60.